The molecule has 1 spiro atoms. The molecule has 8 heteroatoms. The Bertz CT molecular complexity index is 1000. The number of methoxy groups -OCH3 is 1. The molecule has 172 valence electrons. The molecule has 0 radical (unpaired) electrons. The van der Waals surface area contributed by atoms with E-state index in [-0.39, 0.29) is 23.3 Å². The van der Waals surface area contributed by atoms with Crippen LogP contribution < -0.4 is 4.74 Å². The van der Waals surface area contributed by atoms with Gasteiger partial charge in [0.25, 0.3) is 5.91 Å². The summed E-state index contributed by atoms with van der Waals surface area (Å²) in [5.41, 5.74) is 1.67. The number of hydrogen-bond donors (Lipinski definition) is 1. The van der Waals surface area contributed by atoms with Crippen LogP contribution in [0.4, 0.5) is 0 Å². The highest BCUT2D eigenvalue weighted by atomic mass is 16.5. The predicted molar refractivity (Wildman–Crippen MR) is 121 cm³/mol. The molecule has 1 aromatic carbocycles. The van der Waals surface area contributed by atoms with E-state index in [1.807, 2.05) is 34.1 Å². The molecule has 1 N–H and O–H groups in total. The highest BCUT2D eigenvalue weighted by molar-refractivity contribution is 5.98. The molecule has 1 atom stereocenters. The quantitative estimate of drug-likeness (QED) is 0.790. The summed E-state index contributed by atoms with van der Waals surface area (Å²) in [4.78, 5) is 35.6. The lowest BCUT2D eigenvalue weighted by molar-refractivity contribution is -0.139. The van der Waals surface area contributed by atoms with Gasteiger partial charge >= 0.3 is 0 Å². The van der Waals surface area contributed by atoms with Gasteiger partial charge in [-0.2, -0.15) is 0 Å². The van der Waals surface area contributed by atoms with Crippen LogP contribution in [0.1, 0.15) is 29.8 Å². The molecule has 8 nitrogen and oxygen atoms in total. The summed E-state index contributed by atoms with van der Waals surface area (Å²) in [5, 5.41) is 0.975. The van der Waals surface area contributed by atoms with Crippen molar-refractivity contribution in [1.29, 1.82) is 0 Å². The number of likely N-dealkylation sites (N-methyl/N-ethyl adjacent to an activating group) is 1. The SMILES string of the molecule is COc1ccc2[nH]c(C(=O)N3CCC4(CC3)CC(C(=O)N3CCOCC3)N(C)C4)cc2c1. The number of nitrogens with one attached hydrogen (secondary N) is 1. The summed E-state index contributed by atoms with van der Waals surface area (Å²) < 4.78 is 10.7. The van der Waals surface area contributed by atoms with E-state index in [1.54, 1.807) is 7.11 Å². The topological polar surface area (TPSA) is 78.1 Å². The van der Waals surface area contributed by atoms with Gasteiger partial charge in [0.05, 0.1) is 26.4 Å². The first-order valence-corrected chi connectivity index (χ1v) is 11.5. The molecule has 3 aliphatic rings. The third-order valence-corrected chi connectivity index (χ3v) is 7.52. The first-order valence-electron chi connectivity index (χ1n) is 11.5. The van der Waals surface area contributed by atoms with Gasteiger partial charge in [-0.05, 0) is 56.0 Å². The van der Waals surface area contributed by atoms with Crippen LogP contribution in [0.3, 0.4) is 0 Å². The number of benzene rings is 1. The lowest BCUT2D eigenvalue weighted by Crippen LogP contribution is -2.48. The minimum Gasteiger partial charge on any atom is -0.497 e. The fraction of sp³-hybridized carbons (Fsp3) is 0.583. The third kappa shape index (κ3) is 3.86. The van der Waals surface area contributed by atoms with E-state index < -0.39 is 0 Å². The van der Waals surface area contributed by atoms with Gasteiger partial charge in [0.1, 0.15) is 11.4 Å². The van der Waals surface area contributed by atoms with Crippen LogP contribution in [-0.4, -0.2) is 97.6 Å². The Morgan fingerprint density at radius 3 is 2.56 bits per heavy atom. The largest absolute Gasteiger partial charge is 0.497 e. The molecule has 5 rings (SSSR count). The van der Waals surface area contributed by atoms with Crippen molar-refractivity contribution in [1.82, 2.24) is 19.7 Å². The average Bonchev–Trinajstić information content (AvgIpc) is 3.39. The normalized spacial score (nSPS) is 23.8. The van der Waals surface area contributed by atoms with Gasteiger partial charge in [0.2, 0.25) is 5.91 Å². The van der Waals surface area contributed by atoms with Crippen molar-refractivity contribution in [2.45, 2.75) is 25.3 Å². The molecule has 0 saturated carbocycles. The number of ether oxygens (including phenoxy) is 2. The molecule has 3 fully saturated rings. The molecule has 4 heterocycles. The molecule has 3 aliphatic heterocycles. The number of fused-ring (bicyclic) bond motifs is 1. The second-order valence-electron chi connectivity index (χ2n) is 9.50. The minimum atomic E-state index is -0.0564. The maximum absolute atomic E-state index is 13.2. The number of morpholine rings is 1. The Morgan fingerprint density at radius 1 is 1.09 bits per heavy atom. The molecule has 1 aromatic heterocycles. The van der Waals surface area contributed by atoms with E-state index >= 15 is 0 Å². The highest BCUT2D eigenvalue weighted by Crippen LogP contribution is 2.43. The van der Waals surface area contributed by atoms with Crippen LogP contribution in [0.25, 0.3) is 10.9 Å². The van der Waals surface area contributed by atoms with Crippen LogP contribution in [0.2, 0.25) is 0 Å². The lowest BCUT2D eigenvalue weighted by Gasteiger charge is -2.39. The average molecular weight is 441 g/mol. The molecule has 0 bridgehead atoms. The van der Waals surface area contributed by atoms with Gasteiger partial charge in [-0.1, -0.05) is 0 Å². The van der Waals surface area contributed by atoms with Crippen molar-refractivity contribution in [3.63, 3.8) is 0 Å². The molecule has 2 aromatic rings. The number of amides is 2. The van der Waals surface area contributed by atoms with E-state index in [2.05, 4.69) is 16.9 Å². The smallest absolute Gasteiger partial charge is 0.270 e. The number of carbonyl (C=O) groups is 2. The number of aromatic amines is 1. The van der Waals surface area contributed by atoms with Gasteiger partial charge in [-0.3, -0.25) is 14.5 Å². The second-order valence-corrected chi connectivity index (χ2v) is 9.50. The van der Waals surface area contributed by atoms with E-state index in [0.29, 0.717) is 32.0 Å². The van der Waals surface area contributed by atoms with Gasteiger partial charge in [0, 0.05) is 43.6 Å². The van der Waals surface area contributed by atoms with Crippen molar-refractivity contribution >= 4 is 22.7 Å². The summed E-state index contributed by atoms with van der Waals surface area (Å²) in [6.45, 7) is 5.01. The fourth-order valence-corrected chi connectivity index (χ4v) is 5.61. The standard InChI is InChI=1S/C24H32N4O4/c1-26-16-24(15-21(26)23(30)28-9-11-32-12-10-28)5-7-27(8-6-24)22(29)20-14-17-13-18(31-2)3-4-19(17)25-20/h3-4,13-14,21,25H,5-12,15-16H2,1-2H3. The number of carbonyl (C=O) groups excluding carboxylic acids is 2. The molecule has 3 saturated heterocycles. The van der Waals surface area contributed by atoms with Crippen LogP contribution in [-0.2, 0) is 9.53 Å². The third-order valence-electron chi connectivity index (χ3n) is 7.52. The van der Waals surface area contributed by atoms with Gasteiger partial charge in [-0.15, -0.1) is 0 Å². The first-order chi connectivity index (χ1) is 15.5. The number of piperidine rings is 1. The van der Waals surface area contributed by atoms with E-state index in [1.165, 1.54) is 0 Å². The molecule has 0 aliphatic carbocycles. The first kappa shape index (κ1) is 21.3. The maximum atomic E-state index is 13.2. The van der Waals surface area contributed by atoms with Crippen molar-refractivity contribution in [3.8, 4) is 5.75 Å². The minimum absolute atomic E-state index is 0.0438. The zero-order valence-electron chi connectivity index (χ0n) is 18.9. The Hall–Kier alpha value is -2.58. The zero-order valence-corrected chi connectivity index (χ0v) is 18.9. The number of hydrogen-bond acceptors (Lipinski definition) is 5. The Labute approximate surface area is 188 Å². The Kier molecular flexibility index (Phi) is 5.59. The molecular formula is C24H32N4O4. The summed E-state index contributed by atoms with van der Waals surface area (Å²) >= 11 is 0. The van der Waals surface area contributed by atoms with Gasteiger partial charge in [-0.25, -0.2) is 0 Å². The summed E-state index contributed by atoms with van der Waals surface area (Å²) in [7, 11) is 3.71. The summed E-state index contributed by atoms with van der Waals surface area (Å²) in [6.07, 6.45) is 2.75. The Balaban J connectivity index is 1.23. The van der Waals surface area contributed by atoms with Crippen LogP contribution >= 0.6 is 0 Å². The number of rotatable bonds is 3. The highest BCUT2D eigenvalue weighted by Gasteiger charge is 2.48. The van der Waals surface area contributed by atoms with E-state index in [4.69, 9.17) is 9.47 Å². The van der Waals surface area contributed by atoms with Gasteiger partial charge < -0.3 is 24.3 Å². The number of H-pyrrole nitrogens is 1. The monoisotopic (exact) mass is 440 g/mol. The predicted octanol–water partition coefficient (Wildman–Crippen LogP) is 1.96. The Morgan fingerprint density at radius 2 is 1.84 bits per heavy atom. The van der Waals surface area contributed by atoms with Crippen molar-refractivity contribution in [3.05, 3.63) is 30.0 Å². The lowest BCUT2D eigenvalue weighted by atomic mass is 9.76. The molecule has 1 unspecified atom stereocenters. The van der Waals surface area contributed by atoms with Crippen LogP contribution in [0.5, 0.6) is 5.75 Å². The van der Waals surface area contributed by atoms with Crippen LogP contribution in [0.15, 0.2) is 24.3 Å². The summed E-state index contributed by atoms with van der Waals surface area (Å²) in [6, 6.07) is 7.62. The number of nitrogens with zero attached hydrogens (tertiary/aromatic N) is 3. The fourth-order valence-electron chi connectivity index (χ4n) is 5.61. The van der Waals surface area contributed by atoms with Gasteiger partial charge in [0.15, 0.2) is 0 Å². The molecular weight excluding hydrogens is 408 g/mol. The molecule has 2 amide bonds. The molecule has 32 heavy (non-hydrogen) atoms. The maximum Gasteiger partial charge on any atom is 0.270 e. The van der Waals surface area contributed by atoms with Crippen molar-refractivity contribution in [2.75, 3.05) is 60.1 Å². The van der Waals surface area contributed by atoms with Crippen molar-refractivity contribution in [2.24, 2.45) is 5.41 Å². The van der Waals surface area contributed by atoms with Crippen LogP contribution in [0, 0.1) is 5.41 Å². The van der Waals surface area contributed by atoms with Crippen molar-refractivity contribution < 1.29 is 19.1 Å². The number of likely N-dealkylation sites (tertiary alicyclic amines) is 2. The number of aromatic nitrogens is 1. The van der Waals surface area contributed by atoms with E-state index in [9.17, 15) is 9.59 Å². The summed E-state index contributed by atoms with van der Waals surface area (Å²) in [5.74, 6) is 1.06. The van der Waals surface area contributed by atoms with E-state index in [0.717, 1.165) is 55.5 Å². The zero-order chi connectivity index (χ0) is 22.3. The second kappa shape index (κ2) is 8.41.